The van der Waals surface area contributed by atoms with Gasteiger partial charge in [0, 0.05) is 46.9 Å². The van der Waals surface area contributed by atoms with Gasteiger partial charge in [0.05, 0.1) is 22.8 Å². The third-order valence-corrected chi connectivity index (χ3v) is 6.07. The first kappa shape index (κ1) is 23.2. The number of hydrogen-bond acceptors (Lipinski definition) is 6. The Morgan fingerprint density at radius 1 is 1.09 bits per heavy atom. The van der Waals surface area contributed by atoms with Crippen LogP contribution in [-0.2, 0) is 0 Å². The van der Waals surface area contributed by atoms with Crippen LogP contribution in [0.2, 0.25) is 0 Å². The molecule has 6 nitrogen and oxygen atoms in total. The Hall–Kier alpha value is -3.93. The highest BCUT2D eigenvalue weighted by molar-refractivity contribution is 5.90. The Balaban J connectivity index is 1.90. The van der Waals surface area contributed by atoms with Gasteiger partial charge in [-0.25, -0.2) is 0 Å². The lowest BCUT2D eigenvalue weighted by molar-refractivity contribution is 0.605. The molecule has 2 aromatic carbocycles. The molecule has 0 fully saturated rings. The number of nitrogens with zero attached hydrogens (tertiary/aromatic N) is 2. The highest BCUT2D eigenvalue weighted by Crippen LogP contribution is 2.33. The zero-order chi connectivity index (χ0) is 24.6. The number of nitrogen functional groups attached to an aromatic ring is 1. The molecule has 1 atom stereocenters. The van der Waals surface area contributed by atoms with E-state index in [1.54, 1.807) is 20.2 Å². The van der Waals surface area contributed by atoms with Crippen LogP contribution in [0.15, 0.2) is 56.7 Å². The summed E-state index contributed by atoms with van der Waals surface area (Å²) >= 11 is 0. The summed E-state index contributed by atoms with van der Waals surface area (Å²) in [6, 6.07) is 13.4. The van der Waals surface area contributed by atoms with E-state index in [4.69, 9.17) is 10.2 Å². The first-order valence-corrected chi connectivity index (χ1v) is 11.3. The predicted molar refractivity (Wildman–Crippen MR) is 141 cm³/mol. The summed E-state index contributed by atoms with van der Waals surface area (Å²) in [6.45, 7) is 9.81. The van der Waals surface area contributed by atoms with E-state index in [2.05, 4.69) is 28.3 Å². The van der Waals surface area contributed by atoms with Crippen molar-refractivity contribution in [3.63, 3.8) is 0 Å². The van der Waals surface area contributed by atoms with Crippen molar-refractivity contribution in [3.05, 3.63) is 86.3 Å². The minimum Gasteiger partial charge on any atom is -0.455 e. The summed E-state index contributed by atoms with van der Waals surface area (Å²) in [7, 11) is 1.70. The maximum Gasteiger partial charge on any atom is 0.196 e. The number of nitrogens with one attached hydrogen (secondary N) is 1. The van der Waals surface area contributed by atoms with E-state index in [1.165, 1.54) is 0 Å². The van der Waals surface area contributed by atoms with Gasteiger partial charge in [-0.3, -0.25) is 14.8 Å². The maximum atomic E-state index is 13.4. The number of hydrogen-bond donors (Lipinski definition) is 2. The molecule has 174 valence electrons. The van der Waals surface area contributed by atoms with Gasteiger partial charge < -0.3 is 15.5 Å². The van der Waals surface area contributed by atoms with Crippen molar-refractivity contribution in [2.24, 2.45) is 4.99 Å². The number of aryl methyl sites for hydroxylation is 3. The second kappa shape index (κ2) is 9.14. The summed E-state index contributed by atoms with van der Waals surface area (Å²) in [5.74, 6) is 0.536. The number of aliphatic imine (C=N–C) groups is 1. The topological polar surface area (TPSA) is 93.5 Å². The van der Waals surface area contributed by atoms with Gasteiger partial charge in [0.1, 0.15) is 11.3 Å². The molecule has 0 aliphatic rings. The van der Waals surface area contributed by atoms with E-state index in [0.717, 1.165) is 39.3 Å². The van der Waals surface area contributed by atoms with Crippen LogP contribution in [0.5, 0.6) is 0 Å². The zero-order valence-corrected chi connectivity index (χ0v) is 20.5. The number of nitrogens with two attached hydrogens (primary N) is 1. The SMILES string of the molecule is CN=Cc1cc(-c2oc3c(C(C)Nc4ccc(C)nc4C)cc(C)cc3c(=O)c2C)ccc1N. The fourth-order valence-electron chi connectivity index (χ4n) is 4.28. The van der Waals surface area contributed by atoms with Crippen molar-refractivity contribution in [2.75, 3.05) is 18.1 Å². The van der Waals surface area contributed by atoms with Gasteiger partial charge in [0.25, 0.3) is 0 Å². The Labute approximate surface area is 199 Å². The van der Waals surface area contributed by atoms with Gasteiger partial charge in [0.15, 0.2) is 5.43 Å². The van der Waals surface area contributed by atoms with Crippen LogP contribution >= 0.6 is 0 Å². The molecule has 4 rings (SSSR count). The smallest absolute Gasteiger partial charge is 0.196 e. The van der Waals surface area contributed by atoms with Gasteiger partial charge in [-0.05, 0) is 76.6 Å². The third kappa shape index (κ3) is 4.31. The number of fused-ring (bicyclic) bond motifs is 1. The van der Waals surface area contributed by atoms with Crippen molar-refractivity contribution in [1.29, 1.82) is 0 Å². The minimum atomic E-state index is -0.112. The molecule has 1 unspecified atom stereocenters. The molecule has 0 saturated heterocycles. The highest BCUT2D eigenvalue weighted by Gasteiger charge is 2.20. The van der Waals surface area contributed by atoms with Crippen molar-refractivity contribution in [1.82, 2.24) is 4.98 Å². The summed E-state index contributed by atoms with van der Waals surface area (Å²) < 4.78 is 6.49. The normalized spacial score (nSPS) is 12.4. The van der Waals surface area contributed by atoms with Gasteiger partial charge in [0.2, 0.25) is 0 Å². The fourth-order valence-corrected chi connectivity index (χ4v) is 4.28. The summed E-state index contributed by atoms with van der Waals surface area (Å²) in [5.41, 5.74) is 14.1. The van der Waals surface area contributed by atoms with E-state index >= 15 is 0 Å². The first-order valence-electron chi connectivity index (χ1n) is 11.3. The molecule has 0 radical (unpaired) electrons. The number of aromatic nitrogens is 1. The maximum absolute atomic E-state index is 13.4. The fraction of sp³-hybridized carbons (Fsp3) is 0.250. The van der Waals surface area contributed by atoms with Crippen LogP contribution in [0.4, 0.5) is 11.4 Å². The molecule has 6 heteroatoms. The molecule has 4 aromatic rings. The highest BCUT2D eigenvalue weighted by atomic mass is 16.3. The van der Waals surface area contributed by atoms with Crippen molar-refractivity contribution < 1.29 is 4.42 Å². The monoisotopic (exact) mass is 454 g/mol. The lowest BCUT2D eigenvalue weighted by atomic mass is 9.98. The van der Waals surface area contributed by atoms with Crippen LogP contribution in [-0.4, -0.2) is 18.2 Å². The lowest BCUT2D eigenvalue weighted by Crippen LogP contribution is -2.13. The Morgan fingerprint density at radius 3 is 2.56 bits per heavy atom. The number of anilines is 2. The van der Waals surface area contributed by atoms with Crippen LogP contribution in [0.3, 0.4) is 0 Å². The Morgan fingerprint density at radius 2 is 1.85 bits per heavy atom. The molecule has 0 bridgehead atoms. The molecule has 2 aromatic heterocycles. The second-order valence-electron chi connectivity index (χ2n) is 8.80. The first-order chi connectivity index (χ1) is 16.2. The van der Waals surface area contributed by atoms with Crippen molar-refractivity contribution >= 4 is 28.6 Å². The van der Waals surface area contributed by atoms with Crippen molar-refractivity contribution in [3.8, 4) is 11.3 Å². The number of benzene rings is 2. The molecule has 0 aliphatic carbocycles. The van der Waals surface area contributed by atoms with Gasteiger partial charge >= 0.3 is 0 Å². The second-order valence-corrected chi connectivity index (χ2v) is 8.80. The predicted octanol–water partition coefficient (Wildman–Crippen LogP) is 5.89. The standard InChI is InChI=1S/C28H30N4O2/c1-15-11-22(18(4)32-25-10-7-16(2)31-19(25)5)28-23(12-15)26(33)17(3)27(34-28)20-8-9-24(29)21(13-20)14-30-6/h7-14,18,32H,29H2,1-6H3. The summed E-state index contributed by atoms with van der Waals surface area (Å²) in [4.78, 5) is 22.1. The van der Waals surface area contributed by atoms with E-state index in [0.29, 0.717) is 28.0 Å². The molecule has 0 saturated carbocycles. The van der Waals surface area contributed by atoms with Gasteiger partial charge in [-0.2, -0.15) is 0 Å². The Bertz CT molecular complexity index is 1480. The third-order valence-electron chi connectivity index (χ3n) is 6.07. The average molecular weight is 455 g/mol. The van der Waals surface area contributed by atoms with Crippen molar-refractivity contribution in [2.45, 2.75) is 40.7 Å². The number of pyridine rings is 1. The van der Waals surface area contributed by atoms with Crippen LogP contribution in [0.1, 0.15) is 46.6 Å². The molecule has 34 heavy (non-hydrogen) atoms. The minimum absolute atomic E-state index is 0.0379. The van der Waals surface area contributed by atoms with E-state index in [-0.39, 0.29) is 11.5 Å². The van der Waals surface area contributed by atoms with E-state index < -0.39 is 0 Å². The molecule has 0 aliphatic heterocycles. The molecular formula is C28H30N4O2. The van der Waals surface area contributed by atoms with Crippen LogP contribution in [0, 0.1) is 27.7 Å². The van der Waals surface area contributed by atoms with Crippen LogP contribution < -0.4 is 16.5 Å². The van der Waals surface area contributed by atoms with Crippen LogP contribution in [0.25, 0.3) is 22.3 Å². The Kier molecular flexibility index (Phi) is 6.24. The lowest BCUT2D eigenvalue weighted by Gasteiger charge is -2.20. The zero-order valence-electron chi connectivity index (χ0n) is 20.5. The molecular weight excluding hydrogens is 424 g/mol. The molecule has 0 amide bonds. The largest absolute Gasteiger partial charge is 0.455 e. The summed E-state index contributed by atoms with van der Waals surface area (Å²) in [6.07, 6.45) is 1.70. The molecule has 2 heterocycles. The van der Waals surface area contributed by atoms with E-state index in [9.17, 15) is 4.79 Å². The quantitative estimate of drug-likeness (QED) is 0.290. The van der Waals surface area contributed by atoms with Gasteiger partial charge in [-0.15, -0.1) is 0 Å². The average Bonchev–Trinajstić information content (AvgIpc) is 2.79. The molecule has 3 N–H and O–H groups in total. The van der Waals surface area contributed by atoms with Gasteiger partial charge in [-0.1, -0.05) is 6.07 Å². The molecule has 0 spiro atoms. The number of rotatable bonds is 5. The van der Waals surface area contributed by atoms with E-state index in [1.807, 2.05) is 57.2 Å². The summed E-state index contributed by atoms with van der Waals surface area (Å²) in [5, 5.41) is 4.12.